The van der Waals surface area contributed by atoms with Crippen LogP contribution >= 0.6 is 0 Å². The van der Waals surface area contributed by atoms with Gasteiger partial charge in [0.15, 0.2) is 6.04 Å². The lowest BCUT2D eigenvalue weighted by atomic mass is 10.0. The van der Waals surface area contributed by atoms with Crippen molar-refractivity contribution in [2.75, 3.05) is 40.3 Å². The minimum absolute atomic E-state index is 0.0396. The van der Waals surface area contributed by atoms with Crippen LogP contribution in [0.4, 0.5) is 0 Å². The first kappa shape index (κ1) is 22.5. The highest BCUT2D eigenvalue weighted by molar-refractivity contribution is 7.89. The summed E-state index contributed by atoms with van der Waals surface area (Å²) in [6, 6.07) is 13.3. The maximum atomic E-state index is 13.4. The van der Waals surface area contributed by atoms with Gasteiger partial charge in [0.1, 0.15) is 0 Å². The first-order valence-corrected chi connectivity index (χ1v) is 11.8. The fraction of sp³-hybridized carbons (Fsp3) is 0.435. The molecule has 162 valence electrons. The summed E-state index contributed by atoms with van der Waals surface area (Å²) in [6.45, 7) is 7.66. The van der Waals surface area contributed by atoms with Crippen molar-refractivity contribution in [1.82, 2.24) is 9.21 Å². The highest BCUT2D eigenvalue weighted by Crippen LogP contribution is 2.25. The van der Waals surface area contributed by atoms with Gasteiger partial charge in [-0.1, -0.05) is 48.0 Å². The zero-order chi connectivity index (χ0) is 22.1. The summed E-state index contributed by atoms with van der Waals surface area (Å²) in [5.41, 5.74) is 3.60. The average molecular weight is 431 g/mol. The van der Waals surface area contributed by atoms with Crippen LogP contribution in [0.15, 0.2) is 47.4 Å². The smallest absolute Gasteiger partial charge is 0.285 e. The Labute approximate surface area is 180 Å². The third-order valence-corrected chi connectivity index (χ3v) is 8.00. The van der Waals surface area contributed by atoms with E-state index in [1.54, 1.807) is 23.3 Å². The maximum Gasteiger partial charge on any atom is 0.285 e. The van der Waals surface area contributed by atoms with E-state index >= 15 is 0 Å². The van der Waals surface area contributed by atoms with Crippen molar-refractivity contribution in [1.29, 1.82) is 0 Å². The monoisotopic (exact) mass is 430 g/mol. The lowest BCUT2D eigenvalue weighted by molar-refractivity contribution is -0.925. The van der Waals surface area contributed by atoms with Crippen LogP contribution in [0.3, 0.4) is 0 Å². The van der Waals surface area contributed by atoms with E-state index in [1.165, 1.54) is 0 Å². The number of hydrogen-bond acceptors (Lipinski definition) is 3. The van der Waals surface area contributed by atoms with E-state index in [4.69, 9.17) is 0 Å². The van der Waals surface area contributed by atoms with Crippen LogP contribution in [0.2, 0.25) is 0 Å². The van der Waals surface area contributed by atoms with Crippen LogP contribution < -0.4 is 4.90 Å². The molecule has 1 amide bonds. The minimum Gasteiger partial charge on any atom is -0.343 e. The van der Waals surface area contributed by atoms with Crippen LogP contribution in [-0.2, 0) is 14.8 Å². The number of rotatable bonds is 5. The highest BCUT2D eigenvalue weighted by atomic mass is 32.2. The van der Waals surface area contributed by atoms with Gasteiger partial charge in [0.05, 0.1) is 31.1 Å². The molecule has 1 aliphatic heterocycles. The van der Waals surface area contributed by atoms with Crippen molar-refractivity contribution in [2.45, 2.75) is 31.7 Å². The Kier molecular flexibility index (Phi) is 6.65. The van der Waals surface area contributed by atoms with E-state index in [0.29, 0.717) is 31.1 Å². The van der Waals surface area contributed by atoms with Gasteiger partial charge in [-0.25, -0.2) is 8.42 Å². The van der Waals surface area contributed by atoms with Crippen LogP contribution in [0.5, 0.6) is 0 Å². The quantitative estimate of drug-likeness (QED) is 0.779. The largest absolute Gasteiger partial charge is 0.343 e. The molecular weight excluding hydrogens is 398 g/mol. The number of benzene rings is 2. The molecule has 0 bridgehead atoms. The Balaban J connectivity index is 1.83. The second kappa shape index (κ2) is 8.88. The molecule has 6 nitrogen and oxygen atoms in total. The van der Waals surface area contributed by atoms with E-state index in [0.717, 1.165) is 27.2 Å². The molecule has 1 aliphatic rings. The van der Waals surface area contributed by atoms with Gasteiger partial charge >= 0.3 is 0 Å². The molecule has 0 radical (unpaired) electrons. The predicted octanol–water partition coefficient (Wildman–Crippen LogP) is 1.33. The number of quaternary nitrogens is 1. The minimum atomic E-state index is -3.57. The van der Waals surface area contributed by atoms with E-state index < -0.39 is 10.0 Å². The summed E-state index contributed by atoms with van der Waals surface area (Å²) < 4.78 is 28.3. The van der Waals surface area contributed by atoms with Crippen LogP contribution in [0, 0.1) is 20.8 Å². The topological polar surface area (TPSA) is 62.1 Å². The summed E-state index contributed by atoms with van der Waals surface area (Å²) in [5.74, 6) is 0.0396. The molecule has 0 unspecified atom stereocenters. The number of carbonyl (C=O) groups excluding carboxylic acids is 1. The van der Waals surface area contributed by atoms with Gasteiger partial charge in [-0.2, -0.15) is 4.31 Å². The number of likely N-dealkylation sites (N-methyl/N-ethyl adjacent to an activating group) is 1. The number of amides is 1. The Bertz CT molecular complexity index is 988. The number of sulfonamides is 1. The van der Waals surface area contributed by atoms with Crippen molar-refractivity contribution in [3.05, 3.63) is 64.7 Å². The maximum absolute atomic E-state index is 13.4. The summed E-state index contributed by atoms with van der Waals surface area (Å²) in [4.78, 5) is 16.1. The standard InChI is InChI=1S/C23H31N3O3S/c1-17-15-18(2)22(19(3)16-17)30(28,29)26-13-11-25(12-14-26)21(23(27)24(4)5)20-9-7-6-8-10-20/h6-10,15-16,21H,11-14H2,1-5H3/p+1/t21-/m1/s1. The normalized spacial score (nSPS) is 17.0. The van der Waals surface area contributed by atoms with Crippen LogP contribution in [0.1, 0.15) is 28.3 Å². The Morgan fingerprint density at radius 3 is 2.03 bits per heavy atom. The van der Waals surface area contributed by atoms with E-state index in [9.17, 15) is 13.2 Å². The lowest BCUT2D eigenvalue weighted by Crippen LogP contribution is -3.16. The van der Waals surface area contributed by atoms with Crippen LogP contribution in [-0.4, -0.2) is 63.8 Å². The van der Waals surface area contributed by atoms with Crippen LogP contribution in [0.25, 0.3) is 0 Å². The summed E-state index contributed by atoms with van der Waals surface area (Å²) in [6.07, 6.45) is 0. The molecule has 1 saturated heterocycles. The first-order valence-electron chi connectivity index (χ1n) is 10.3. The van der Waals surface area contributed by atoms with Gasteiger partial charge < -0.3 is 9.80 Å². The lowest BCUT2D eigenvalue weighted by Gasteiger charge is -2.36. The molecule has 1 atom stereocenters. The molecule has 1 fully saturated rings. The fourth-order valence-electron chi connectivity index (χ4n) is 4.46. The predicted molar refractivity (Wildman–Crippen MR) is 118 cm³/mol. The van der Waals surface area contributed by atoms with Crippen molar-refractivity contribution in [3.8, 4) is 0 Å². The molecule has 2 aromatic rings. The number of aryl methyl sites for hydroxylation is 3. The molecule has 0 saturated carbocycles. The van der Waals surface area contributed by atoms with Gasteiger partial charge in [-0.3, -0.25) is 4.79 Å². The Morgan fingerprint density at radius 1 is 1.00 bits per heavy atom. The molecule has 1 heterocycles. The number of piperazine rings is 1. The third kappa shape index (κ3) is 4.43. The first-order chi connectivity index (χ1) is 14.1. The van der Waals surface area contributed by atoms with Gasteiger partial charge in [0.2, 0.25) is 10.0 Å². The molecule has 7 heteroatoms. The summed E-state index contributed by atoms with van der Waals surface area (Å²) in [5, 5.41) is 0. The number of nitrogens with one attached hydrogen (secondary N) is 1. The van der Waals surface area contributed by atoms with Crippen molar-refractivity contribution < 1.29 is 18.1 Å². The number of hydrogen-bond donors (Lipinski definition) is 1. The average Bonchev–Trinajstić information content (AvgIpc) is 2.68. The molecular formula is C23H32N3O3S+. The van der Waals surface area contributed by atoms with E-state index in [1.807, 2.05) is 63.2 Å². The van der Waals surface area contributed by atoms with Gasteiger partial charge in [-0.15, -0.1) is 0 Å². The SMILES string of the molecule is Cc1cc(C)c(S(=O)(=O)N2CC[NH+]([C@@H](C(=O)N(C)C)c3ccccc3)CC2)c(C)c1. The second-order valence-electron chi connectivity index (χ2n) is 8.37. The van der Waals surface area contributed by atoms with Gasteiger partial charge in [0, 0.05) is 19.7 Å². The molecule has 0 aliphatic carbocycles. The Hall–Kier alpha value is -2.22. The molecule has 1 N–H and O–H groups in total. The summed E-state index contributed by atoms with van der Waals surface area (Å²) in [7, 11) is -0.0353. The Morgan fingerprint density at radius 2 is 1.53 bits per heavy atom. The third-order valence-electron chi connectivity index (χ3n) is 5.80. The van der Waals surface area contributed by atoms with Crippen molar-refractivity contribution in [2.24, 2.45) is 0 Å². The fourth-order valence-corrected chi connectivity index (χ4v) is 6.31. The molecule has 3 rings (SSSR count). The summed E-state index contributed by atoms with van der Waals surface area (Å²) >= 11 is 0. The zero-order valence-corrected chi connectivity index (χ0v) is 19.3. The van der Waals surface area contributed by atoms with Crippen molar-refractivity contribution >= 4 is 15.9 Å². The number of nitrogens with zero attached hydrogens (tertiary/aromatic N) is 2. The molecule has 30 heavy (non-hydrogen) atoms. The van der Waals surface area contributed by atoms with E-state index in [2.05, 4.69) is 0 Å². The highest BCUT2D eigenvalue weighted by Gasteiger charge is 2.38. The zero-order valence-electron chi connectivity index (χ0n) is 18.5. The van der Waals surface area contributed by atoms with Crippen molar-refractivity contribution in [3.63, 3.8) is 0 Å². The second-order valence-corrected chi connectivity index (χ2v) is 10.2. The molecule has 0 spiro atoms. The van der Waals surface area contributed by atoms with Gasteiger partial charge in [0.25, 0.3) is 5.91 Å². The van der Waals surface area contributed by atoms with Gasteiger partial charge in [-0.05, 0) is 31.9 Å². The molecule has 2 aromatic carbocycles. The molecule has 0 aromatic heterocycles. The van der Waals surface area contributed by atoms with E-state index in [-0.39, 0.29) is 11.9 Å². The number of carbonyl (C=O) groups is 1.